The quantitative estimate of drug-likeness (QED) is 0.348. The van der Waals surface area contributed by atoms with Crippen LogP contribution in [0.3, 0.4) is 0 Å². The summed E-state index contributed by atoms with van der Waals surface area (Å²) in [7, 11) is 0. The van der Waals surface area contributed by atoms with Crippen LogP contribution >= 0.6 is 11.3 Å². The van der Waals surface area contributed by atoms with Crippen LogP contribution < -0.4 is 5.32 Å². The number of carbonyl (C=O) groups excluding carboxylic acids is 2. The van der Waals surface area contributed by atoms with E-state index in [4.69, 9.17) is 4.98 Å². The molecule has 0 bridgehead atoms. The highest BCUT2D eigenvalue weighted by Crippen LogP contribution is 2.30. The number of carbonyl (C=O) groups is 2. The minimum Gasteiger partial charge on any atom is -0.328 e. The Morgan fingerprint density at radius 1 is 1.03 bits per heavy atom. The molecular weight excluding hydrogens is 456 g/mol. The number of nitrogens with zero attached hydrogens (tertiary/aromatic N) is 3. The number of hydrogen-bond acceptors (Lipinski definition) is 4. The van der Waals surface area contributed by atoms with Crippen LogP contribution in [-0.4, -0.2) is 39.4 Å². The summed E-state index contributed by atoms with van der Waals surface area (Å²) in [5, 5.41) is 4.85. The van der Waals surface area contributed by atoms with E-state index >= 15 is 0 Å². The topological polar surface area (TPSA) is 67.2 Å². The first-order chi connectivity index (χ1) is 17.0. The first-order valence-electron chi connectivity index (χ1n) is 11.8. The van der Waals surface area contributed by atoms with Crippen LogP contribution in [0, 0.1) is 19.8 Å². The van der Waals surface area contributed by atoms with Crippen molar-refractivity contribution in [3.63, 3.8) is 0 Å². The summed E-state index contributed by atoms with van der Waals surface area (Å²) in [6, 6.07) is 19.9. The van der Waals surface area contributed by atoms with Gasteiger partial charge < -0.3 is 4.90 Å². The molecule has 2 amide bonds. The predicted octanol–water partition coefficient (Wildman–Crippen LogP) is 5.71. The smallest absolute Gasteiger partial charge is 0.264 e. The molecule has 5 rings (SSSR count). The number of hydrogen-bond donors (Lipinski definition) is 1. The van der Waals surface area contributed by atoms with Crippen LogP contribution in [0.5, 0.6) is 0 Å². The molecule has 1 saturated carbocycles. The van der Waals surface area contributed by atoms with E-state index in [2.05, 4.69) is 5.32 Å². The predicted molar refractivity (Wildman–Crippen MR) is 140 cm³/mol. The second kappa shape index (κ2) is 9.88. The average molecular weight is 485 g/mol. The Morgan fingerprint density at radius 2 is 1.71 bits per heavy atom. The lowest BCUT2D eigenvalue weighted by Crippen LogP contribution is -2.39. The van der Waals surface area contributed by atoms with Gasteiger partial charge in [0.2, 0.25) is 11.9 Å². The fourth-order valence-electron chi connectivity index (χ4n) is 3.96. The number of thiophene rings is 1. The normalized spacial score (nSPS) is 13.0. The number of imidazole rings is 1. The van der Waals surface area contributed by atoms with Crippen molar-refractivity contribution in [2.75, 3.05) is 18.4 Å². The number of benzene rings is 2. The second-order valence-corrected chi connectivity index (χ2v) is 10.1. The van der Waals surface area contributed by atoms with Crippen molar-refractivity contribution < 1.29 is 9.59 Å². The van der Waals surface area contributed by atoms with Crippen LogP contribution in [0.25, 0.3) is 16.9 Å². The van der Waals surface area contributed by atoms with Crippen molar-refractivity contribution in [1.29, 1.82) is 0 Å². The summed E-state index contributed by atoms with van der Waals surface area (Å²) in [5.74, 6) is 0.563. The van der Waals surface area contributed by atoms with E-state index in [0.29, 0.717) is 23.3 Å². The van der Waals surface area contributed by atoms with Gasteiger partial charge in [-0.1, -0.05) is 53.6 Å². The van der Waals surface area contributed by atoms with Gasteiger partial charge in [0.05, 0.1) is 10.6 Å². The Balaban J connectivity index is 1.41. The number of anilines is 1. The maximum atomic E-state index is 13.2. The maximum Gasteiger partial charge on any atom is 0.264 e. The molecule has 0 aliphatic heterocycles. The average Bonchev–Trinajstić information content (AvgIpc) is 3.32. The minimum atomic E-state index is -0.259. The molecule has 178 valence electrons. The molecule has 0 atom stereocenters. The summed E-state index contributed by atoms with van der Waals surface area (Å²) in [6.45, 7) is 4.68. The molecule has 2 aromatic carbocycles. The first kappa shape index (κ1) is 23.1. The molecule has 2 heterocycles. The van der Waals surface area contributed by atoms with Gasteiger partial charge in [-0.15, -0.1) is 11.3 Å². The number of nitrogens with one attached hydrogen (secondary N) is 1. The number of aromatic nitrogens is 2. The standard InChI is InChI=1S/C28H28N4O2S/c1-19-5-11-22(12-6-19)24-17-32(23-13-7-20(2)8-14-23)28(29-24)30-26(33)18-31(16-21-9-10-21)27(34)25-4-3-15-35-25/h3-8,11-15,17,21H,9-10,16,18H2,1-2H3,(H,29,30,33). The summed E-state index contributed by atoms with van der Waals surface area (Å²) < 4.78 is 1.89. The van der Waals surface area contributed by atoms with Gasteiger partial charge in [0.15, 0.2) is 0 Å². The lowest BCUT2D eigenvalue weighted by atomic mass is 10.1. The van der Waals surface area contributed by atoms with Gasteiger partial charge in [-0.3, -0.25) is 19.5 Å². The zero-order valence-corrected chi connectivity index (χ0v) is 20.7. The van der Waals surface area contributed by atoms with Crippen molar-refractivity contribution in [3.05, 3.63) is 88.2 Å². The Bertz CT molecular complexity index is 1320. The largest absolute Gasteiger partial charge is 0.328 e. The molecule has 0 radical (unpaired) electrons. The van der Waals surface area contributed by atoms with Gasteiger partial charge in [-0.2, -0.15) is 0 Å². The summed E-state index contributed by atoms with van der Waals surface area (Å²) in [5.41, 5.74) is 4.97. The Hall–Kier alpha value is -3.71. The third-order valence-electron chi connectivity index (χ3n) is 6.15. The van der Waals surface area contributed by atoms with E-state index in [9.17, 15) is 9.59 Å². The van der Waals surface area contributed by atoms with E-state index < -0.39 is 0 Å². The molecule has 0 unspecified atom stereocenters. The monoisotopic (exact) mass is 484 g/mol. The fraction of sp³-hybridized carbons (Fsp3) is 0.250. The second-order valence-electron chi connectivity index (χ2n) is 9.18. The minimum absolute atomic E-state index is 0.00610. The third-order valence-corrected chi connectivity index (χ3v) is 7.00. The van der Waals surface area contributed by atoms with Gasteiger partial charge in [0.25, 0.3) is 5.91 Å². The molecule has 0 saturated heterocycles. The Morgan fingerprint density at radius 3 is 2.34 bits per heavy atom. The van der Waals surface area contributed by atoms with Crippen molar-refractivity contribution in [2.24, 2.45) is 5.92 Å². The molecule has 1 aliphatic carbocycles. The van der Waals surface area contributed by atoms with E-state index in [1.54, 1.807) is 4.90 Å². The first-order valence-corrected chi connectivity index (χ1v) is 12.7. The highest BCUT2D eigenvalue weighted by molar-refractivity contribution is 7.12. The molecular formula is C28H28N4O2S. The van der Waals surface area contributed by atoms with Crippen LogP contribution in [0.2, 0.25) is 0 Å². The lowest BCUT2D eigenvalue weighted by molar-refractivity contribution is -0.117. The zero-order chi connectivity index (χ0) is 24.4. The molecule has 1 N–H and O–H groups in total. The third kappa shape index (κ3) is 5.52. The maximum absolute atomic E-state index is 13.2. The Labute approximate surface area is 209 Å². The van der Waals surface area contributed by atoms with Crippen molar-refractivity contribution >= 4 is 29.1 Å². The molecule has 35 heavy (non-hydrogen) atoms. The van der Waals surface area contributed by atoms with E-state index in [1.807, 2.05) is 90.7 Å². The summed E-state index contributed by atoms with van der Waals surface area (Å²) in [6.07, 6.45) is 4.14. The number of rotatable bonds is 8. The van der Waals surface area contributed by atoms with Gasteiger partial charge in [0, 0.05) is 24.0 Å². The van der Waals surface area contributed by atoms with Crippen LogP contribution in [0.1, 0.15) is 33.6 Å². The molecule has 6 nitrogen and oxygen atoms in total. The summed E-state index contributed by atoms with van der Waals surface area (Å²) in [4.78, 5) is 33.3. The molecule has 4 aromatic rings. The van der Waals surface area contributed by atoms with Crippen LogP contribution in [0.4, 0.5) is 5.95 Å². The van der Waals surface area contributed by atoms with E-state index in [1.165, 1.54) is 16.9 Å². The zero-order valence-electron chi connectivity index (χ0n) is 19.9. The van der Waals surface area contributed by atoms with Crippen molar-refractivity contribution in [3.8, 4) is 16.9 Å². The SMILES string of the molecule is Cc1ccc(-c2cn(-c3ccc(C)cc3)c(NC(=O)CN(CC3CC3)C(=O)c3cccs3)n2)cc1. The highest BCUT2D eigenvalue weighted by Gasteiger charge is 2.29. The molecule has 2 aromatic heterocycles. The van der Waals surface area contributed by atoms with Gasteiger partial charge >= 0.3 is 0 Å². The van der Waals surface area contributed by atoms with Gasteiger partial charge in [0.1, 0.15) is 6.54 Å². The van der Waals surface area contributed by atoms with Crippen LogP contribution in [-0.2, 0) is 4.79 Å². The van der Waals surface area contributed by atoms with Crippen molar-refractivity contribution in [1.82, 2.24) is 14.5 Å². The number of aryl methyl sites for hydroxylation is 2. The lowest BCUT2D eigenvalue weighted by Gasteiger charge is -2.21. The van der Waals surface area contributed by atoms with E-state index in [0.717, 1.165) is 35.3 Å². The van der Waals surface area contributed by atoms with Crippen LogP contribution in [0.15, 0.2) is 72.2 Å². The number of amides is 2. The molecule has 0 spiro atoms. The molecule has 1 fully saturated rings. The summed E-state index contributed by atoms with van der Waals surface area (Å²) >= 11 is 1.40. The van der Waals surface area contributed by atoms with E-state index in [-0.39, 0.29) is 18.4 Å². The van der Waals surface area contributed by atoms with Gasteiger partial charge in [-0.25, -0.2) is 4.98 Å². The van der Waals surface area contributed by atoms with Crippen molar-refractivity contribution in [2.45, 2.75) is 26.7 Å². The molecule has 1 aliphatic rings. The highest BCUT2D eigenvalue weighted by atomic mass is 32.1. The van der Waals surface area contributed by atoms with Gasteiger partial charge in [-0.05, 0) is 56.2 Å². The molecule has 7 heteroatoms. The Kier molecular flexibility index (Phi) is 6.51. The fourth-order valence-corrected chi connectivity index (χ4v) is 4.65.